The fourth-order valence-corrected chi connectivity index (χ4v) is 5.55. The molecule has 0 aromatic carbocycles. The molecule has 2 atom stereocenters. The Labute approximate surface area is 305 Å². The lowest BCUT2D eigenvalue weighted by atomic mass is 10.1. The fourth-order valence-electron chi connectivity index (χ4n) is 4.82. The number of quaternary nitrogens is 1. The Bertz CT molecular complexity index is 1000. The Morgan fingerprint density at radius 2 is 1.14 bits per heavy atom. The Hall–Kier alpha value is -2.03. The summed E-state index contributed by atoms with van der Waals surface area (Å²) in [7, 11) is 1.13. The number of esters is 2. The summed E-state index contributed by atoms with van der Waals surface area (Å²) in [5, 5.41) is 0. The molecule has 0 radical (unpaired) electrons. The number of carbonyl (C=O) groups excluding carboxylic acids is 2. The third kappa shape index (κ3) is 35.8. The maximum atomic E-state index is 12.6. The van der Waals surface area contributed by atoms with Gasteiger partial charge in [0, 0.05) is 12.8 Å². The predicted octanol–water partition coefficient (Wildman–Crippen LogP) is 9.72. The van der Waals surface area contributed by atoms with E-state index in [4.69, 9.17) is 18.5 Å². The largest absolute Gasteiger partial charge is 0.756 e. The number of hydrogen-bond donors (Lipinski definition) is 0. The van der Waals surface area contributed by atoms with Crippen LogP contribution in [-0.4, -0.2) is 70.0 Å². The molecule has 0 amide bonds. The van der Waals surface area contributed by atoms with Crippen LogP contribution in [0.3, 0.4) is 0 Å². The number of carbonyl (C=O) groups is 2. The van der Waals surface area contributed by atoms with Crippen LogP contribution in [0.4, 0.5) is 0 Å². The first-order valence-electron chi connectivity index (χ1n) is 19.3. The normalized spacial score (nSPS) is 14.3. The molecule has 0 aliphatic rings. The number of likely N-dealkylation sites (N-methyl/N-ethyl adjacent to an activating group) is 1. The lowest BCUT2D eigenvalue weighted by Crippen LogP contribution is -2.37. The average Bonchev–Trinajstić information content (AvgIpc) is 3.06. The smallest absolute Gasteiger partial charge is 0.306 e. The van der Waals surface area contributed by atoms with Crippen LogP contribution in [0.15, 0.2) is 48.6 Å². The average molecular weight is 726 g/mol. The van der Waals surface area contributed by atoms with Crippen molar-refractivity contribution in [2.75, 3.05) is 47.5 Å². The van der Waals surface area contributed by atoms with Crippen molar-refractivity contribution in [1.29, 1.82) is 0 Å². The summed E-state index contributed by atoms with van der Waals surface area (Å²) in [6.45, 7) is 4.03. The molecular formula is C40H72NO8P. The Morgan fingerprint density at radius 1 is 0.640 bits per heavy atom. The molecule has 0 saturated carbocycles. The van der Waals surface area contributed by atoms with E-state index in [1.165, 1.54) is 51.4 Å². The minimum absolute atomic E-state index is 0.0397. The highest BCUT2D eigenvalue weighted by Crippen LogP contribution is 2.38. The first kappa shape index (κ1) is 48.0. The van der Waals surface area contributed by atoms with Crippen molar-refractivity contribution in [3.8, 4) is 0 Å². The zero-order valence-corrected chi connectivity index (χ0v) is 33.2. The summed E-state index contributed by atoms with van der Waals surface area (Å²) in [5.41, 5.74) is 0. The van der Waals surface area contributed by atoms with Crippen LogP contribution in [0.1, 0.15) is 142 Å². The summed E-state index contributed by atoms with van der Waals surface area (Å²) in [6, 6.07) is 0. The van der Waals surface area contributed by atoms with Gasteiger partial charge in [0.05, 0.1) is 27.7 Å². The maximum Gasteiger partial charge on any atom is 0.306 e. The van der Waals surface area contributed by atoms with Crippen LogP contribution in [-0.2, 0) is 32.7 Å². The van der Waals surface area contributed by atoms with Gasteiger partial charge >= 0.3 is 11.9 Å². The number of allylic oxidation sites excluding steroid dienone is 8. The Kier molecular flexibility index (Phi) is 31.5. The van der Waals surface area contributed by atoms with Gasteiger partial charge in [0.1, 0.15) is 19.8 Å². The maximum absolute atomic E-state index is 12.6. The monoisotopic (exact) mass is 725 g/mol. The standard InChI is InChI=1S/C40H72NO8P/c1-6-8-10-12-14-16-18-19-20-21-23-25-27-29-31-33-40(43)49-38(37-48-50(44,45)47-35-34-41(3,4)5)36-46-39(42)32-30-28-26-24-22-17-15-13-11-9-7-2/h8,10,14,16,19-20,23,25,38H,6-7,9,11-13,15,17-18,21-22,24,26-37H2,1-5H3/b10-8-,16-14-,20-19-,25-23-/t38-/m1/s1. The van der Waals surface area contributed by atoms with E-state index in [-0.39, 0.29) is 26.1 Å². The van der Waals surface area contributed by atoms with E-state index < -0.39 is 32.5 Å². The molecule has 0 bridgehead atoms. The van der Waals surface area contributed by atoms with Crippen molar-refractivity contribution < 1.29 is 42.1 Å². The van der Waals surface area contributed by atoms with Crippen molar-refractivity contribution in [3.05, 3.63) is 48.6 Å². The van der Waals surface area contributed by atoms with Gasteiger partial charge in [0.15, 0.2) is 6.10 Å². The van der Waals surface area contributed by atoms with E-state index >= 15 is 0 Å². The minimum atomic E-state index is -4.63. The van der Waals surface area contributed by atoms with Crippen molar-refractivity contribution in [2.24, 2.45) is 0 Å². The van der Waals surface area contributed by atoms with Gasteiger partial charge in [0.25, 0.3) is 7.82 Å². The van der Waals surface area contributed by atoms with Gasteiger partial charge in [0.2, 0.25) is 0 Å². The molecule has 0 saturated heterocycles. The molecule has 0 aromatic rings. The van der Waals surface area contributed by atoms with E-state index in [0.29, 0.717) is 17.4 Å². The van der Waals surface area contributed by atoms with Crippen molar-refractivity contribution in [2.45, 2.75) is 148 Å². The van der Waals surface area contributed by atoms with Crippen molar-refractivity contribution in [1.82, 2.24) is 0 Å². The lowest BCUT2D eigenvalue weighted by molar-refractivity contribution is -0.870. The van der Waals surface area contributed by atoms with Crippen LogP contribution in [0.5, 0.6) is 0 Å². The van der Waals surface area contributed by atoms with Crippen LogP contribution in [0.2, 0.25) is 0 Å². The third-order valence-corrected chi connectivity index (χ3v) is 8.83. The molecule has 9 nitrogen and oxygen atoms in total. The van der Waals surface area contributed by atoms with Gasteiger partial charge in [-0.25, -0.2) is 0 Å². The zero-order valence-electron chi connectivity index (χ0n) is 32.3. The van der Waals surface area contributed by atoms with Crippen molar-refractivity contribution >= 4 is 19.8 Å². The van der Waals surface area contributed by atoms with Gasteiger partial charge in [-0.3, -0.25) is 14.2 Å². The quantitative estimate of drug-likeness (QED) is 0.0212. The number of ether oxygens (including phenoxy) is 2. The number of phosphoric acid groups is 1. The summed E-state index contributed by atoms with van der Waals surface area (Å²) >= 11 is 0. The van der Waals surface area contributed by atoms with E-state index in [0.717, 1.165) is 57.8 Å². The molecule has 0 fully saturated rings. The molecular weight excluding hydrogens is 653 g/mol. The second-order valence-corrected chi connectivity index (χ2v) is 15.3. The topological polar surface area (TPSA) is 111 Å². The lowest BCUT2D eigenvalue weighted by Gasteiger charge is -2.28. The molecule has 0 N–H and O–H groups in total. The van der Waals surface area contributed by atoms with E-state index in [9.17, 15) is 19.0 Å². The SMILES string of the molecule is CC/C=C\C/C=C\C/C=C\C/C=C\CCCCC(=O)O[C@H](COC(=O)CCCCCCCCCCCCC)COP(=O)([O-])OCC[N+](C)(C)C. The van der Waals surface area contributed by atoms with Gasteiger partial charge in [-0.1, -0.05) is 127 Å². The molecule has 0 aliphatic heterocycles. The predicted molar refractivity (Wildman–Crippen MR) is 203 cm³/mol. The highest BCUT2D eigenvalue weighted by Gasteiger charge is 2.21. The number of unbranched alkanes of at least 4 members (excludes halogenated alkanes) is 12. The summed E-state index contributed by atoms with van der Waals surface area (Å²) in [4.78, 5) is 37.3. The molecule has 0 aliphatic carbocycles. The Morgan fingerprint density at radius 3 is 1.70 bits per heavy atom. The van der Waals surface area contributed by atoms with Gasteiger partial charge in [-0.2, -0.15) is 0 Å². The number of hydrogen-bond acceptors (Lipinski definition) is 8. The second kappa shape index (κ2) is 32.8. The number of nitrogens with zero attached hydrogens (tertiary/aromatic N) is 1. The van der Waals surface area contributed by atoms with Crippen LogP contribution >= 0.6 is 7.82 Å². The fraction of sp³-hybridized carbons (Fsp3) is 0.750. The van der Waals surface area contributed by atoms with E-state index in [1.807, 2.05) is 21.1 Å². The first-order valence-corrected chi connectivity index (χ1v) is 20.8. The highest BCUT2D eigenvalue weighted by molar-refractivity contribution is 7.45. The second-order valence-electron chi connectivity index (χ2n) is 13.9. The van der Waals surface area contributed by atoms with E-state index in [1.54, 1.807) is 0 Å². The Balaban J connectivity index is 4.52. The summed E-state index contributed by atoms with van der Waals surface area (Å²) in [6.07, 6.45) is 35.7. The summed E-state index contributed by atoms with van der Waals surface area (Å²) in [5.74, 6) is -0.888. The molecule has 1 unspecified atom stereocenters. The zero-order chi connectivity index (χ0) is 37.2. The van der Waals surface area contributed by atoms with Crippen LogP contribution < -0.4 is 4.89 Å². The van der Waals surface area contributed by atoms with Crippen LogP contribution in [0.25, 0.3) is 0 Å². The molecule has 10 heteroatoms. The van der Waals surface area contributed by atoms with Crippen molar-refractivity contribution in [3.63, 3.8) is 0 Å². The molecule has 50 heavy (non-hydrogen) atoms. The molecule has 0 aromatic heterocycles. The van der Waals surface area contributed by atoms with E-state index in [2.05, 4.69) is 62.5 Å². The summed E-state index contributed by atoms with van der Waals surface area (Å²) < 4.78 is 33.7. The minimum Gasteiger partial charge on any atom is -0.756 e. The number of rotatable bonds is 34. The highest BCUT2D eigenvalue weighted by atomic mass is 31.2. The van der Waals surface area contributed by atoms with Gasteiger partial charge < -0.3 is 27.9 Å². The first-order chi connectivity index (χ1) is 24.0. The van der Waals surface area contributed by atoms with Crippen LogP contribution in [0, 0.1) is 0 Å². The van der Waals surface area contributed by atoms with Gasteiger partial charge in [-0.05, 0) is 51.4 Å². The molecule has 0 spiro atoms. The third-order valence-electron chi connectivity index (χ3n) is 7.86. The number of phosphoric ester groups is 1. The molecule has 0 heterocycles. The molecule has 0 rings (SSSR count). The molecule has 290 valence electrons. The van der Waals surface area contributed by atoms with Gasteiger partial charge in [-0.15, -0.1) is 0 Å².